The third-order valence-electron chi connectivity index (χ3n) is 4.79. The van der Waals surface area contributed by atoms with E-state index in [-0.39, 0.29) is 5.91 Å². The number of aromatic nitrogens is 6. The summed E-state index contributed by atoms with van der Waals surface area (Å²) < 4.78 is 3.37. The number of amides is 1. The first-order valence-corrected chi connectivity index (χ1v) is 9.40. The molecule has 0 aliphatic carbocycles. The van der Waals surface area contributed by atoms with Crippen molar-refractivity contribution in [1.29, 1.82) is 0 Å². The Hall–Kier alpha value is -4.33. The van der Waals surface area contributed by atoms with Crippen LogP contribution in [0, 0.1) is 0 Å². The molecule has 0 fully saturated rings. The Bertz CT molecular complexity index is 1290. The van der Waals surface area contributed by atoms with Crippen LogP contribution in [0.5, 0.6) is 0 Å². The maximum Gasteiger partial charge on any atom is 0.257 e. The molecule has 0 atom stereocenters. The smallest absolute Gasteiger partial charge is 0.257 e. The van der Waals surface area contributed by atoms with Gasteiger partial charge in [0.2, 0.25) is 0 Å². The van der Waals surface area contributed by atoms with Gasteiger partial charge in [0.05, 0.1) is 17.6 Å². The quantitative estimate of drug-likeness (QED) is 0.494. The predicted octanol–water partition coefficient (Wildman–Crippen LogP) is 2.91. The second-order valence-corrected chi connectivity index (χ2v) is 6.68. The van der Waals surface area contributed by atoms with Gasteiger partial charge >= 0.3 is 0 Å². The molecular weight excluding hydrogens is 378 g/mol. The Labute approximate surface area is 171 Å². The molecule has 1 N–H and O–H groups in total. The van der Waals surface area contributed by atoms with E-state index in [1.807, 2.05) is 60.7 Å². The van der Waals surface area contributed by atoms with E-state index < -0.39 is 0 Å². The first kappa shape index (κ1) is 17.7. The molecule has 0 aliphatic heterocycles. The first-order valence-electron chi connectivity index (χ1n) is 9.40. The van der Waals surface area contributed by atoms with E-state index in [1.54, 1.807) is 27.9 Å². The number of nitrogens with zero attached hydrogens (tertiary/aromatic N) is 6. The van der Waals surface area contributed by atoms with Crippen LogP contribution >= 0.6 is 0 Å². The molecule has 3 aromatic heterocycles. The minimum absolute atomic E-state index is 0.219. The molecule has 2 aromatic carbocycles. The number of hydrogen-bond acceptors (Lipinski definition) is 5. The van der Waals surface area contributed by atoms with Gasteiger partial charge in [-0.3, -0.25) is 4.79 Å². The second kappa shape index (κ2) is 7.59. The van der Waals surface area contributed by atoms with E-state index in [4.69, 9.17) is 0 Å². The zero-order valence-corrected chi connectivity index (χ0v) is 15.9. The number of hydrogen-bond donors (Lipinski definition) is 1. The van der Waals surface area contributed by atoms with Crippen LogP contribution in [0.2, 0.25) is 0 Å². The molecule has 0 spiro atoms. The summed E-state index contributed by atoms with van der Waals surface area (Å²) in [7, 11) is 0. The van der Waals surface area contributed by atoms with Gasteiger partial charge in [-0.25, -0.2) is 19.2 Å². The fourth-order valence-corrected chi connectivity index (χ4v) is 3.26. The summed E-state index contributed by atoms with van der Waals surface area (Å²) >= 11 is 0. The van der Waals surface area contributed by atoms with Gasteiger partial charge in [0.1, 0.15) is 18.2 Å². The molecule has 0 saturated heterocycles. The van der Waals surface area contributed by atoms with Crippen molar-refractivity contribution in [3.63, 3.8) is 0 Å². The molecule has 0 aliphatic rings. The van der Waals surface area contributed by atoms with Crippen molar-refractivity contribution in [2.24, 2.45) is 0 Å². The van der Waals surface area contributed by atoms with Gasteiger partial charge in [-0.2, -0.15) is 10.2 Å². The minimum Gasteiger partial charge on any atom is -0.348 e. The predicted molar refractivity (Wildman–Crippen MR) is 111 cm³/mol. The molecule has 30 heavy (non-hydrogen) atoms. The van der Waals surface area contributed by atoms with Crippen LogP contribution in [0.25, 0.3) is 22.6 Å². The van der Waals surface area contributed by atoms with Crippen LogP contribution < -0.4 is 5.32 Å². The molecule has 8 nitrogen and oxygen atoms in total. The van der Waals surface area contributed by atoms with Crippen molar-refractivity contribution in [3.05, 3.63) is 96.8 Å². The molecule has 3 heterocycles. The normalized spacial score (nSPS) is 10.9. The van der Waals surface area contributed by atoms with Crippen LogP contribution in [0.3, 0.4) is 0 Å². The van der Waals surface area contributed by atoms with Gasteiger partial charge in [0.15, 0.2) is 5.65 Å². The second-order valence-electron chi connectivity index (χ2n) is 6.68. The van der Waals surface area contributed by atoms with Crippen molar-refractivity contribution in [1.82, 2.24) is 34.7 Å². The molecule has 146 valence electrons. The van der Waals surface area contributed by atoms with Gasteiger partial charge in [0, 0.05) is 18.3 Å². The number of fused-ring (bicyclic) bond motifs is 1. The molecule has 5 rings (SSSR count). The topological polar surface area (TPSA) is 90.0 Å². The zero-order chi connectivity index (χ0) is 20.3. The van der Waals surface area contributed by atoms with Crippen molar-refractivity contribution >= 4 is 11.6 Å². The number of carbonyl (C=O) groups excluding carboxylic acids is 1. The van der Waals surface area contributed by atoms with Gasteiger partial charge < -0.3 is 5.32 Å². The Balaban J connectivity index is 1.34. The van der Waals surface area contributed by atoms with E-state index in [1.165, 1.54) is 6.33 Å². The minimum atomic E-state index is -0.219. The Morgan fingerprint density at radius 3 is 2.57 bits per heavy atom. The van der Waals surface area contributed by atoms with Crippen LogP contribution in [-0.2, 0) is 6.54 Å². The lowest BCUT2D eigenvalue weighted by Gasteiger charge is -2.07. The summed E-state index contributed by atoms with van der Waals surface area (Å²) in [5.41, 5.74) is 4.72. The largest absolute Gasteiger partial charge is 0.348 e. The summed E-state index contributed by atoms with van der Waals surface area (Å²) in [5.74, 6) is -0.219. The zero-order valence-electron chi connectivity index (χ0n) is 15.9. The molecule has 1 amide bonds. The highest BCUT2D eigenvalue weighted by Crippen LogP contribution is 2.20. The fourth-order valence-electron chi connectivity index (χ4n) is 3.26. The van der Waals surface area contributed by atoms with E-state index >= 15 is 0 Å². The highest BCUT2D eigenvalue weighted by Gasteiger charge is 2.16. The molecule has 0 radical (unpaired) electrons. The van der Waals surface area contributed by atoms with Gasteiger partial charge in [-0.05, 0) is 23.8 Å². The third-order valence-corrected chi connectivity index (χ3v) is 4.79. The molecule has 8 heteroatoms. The van der Waals surface area contributed by atoms with E-state index in [0.717, 1.165) is 22.5 Å². The van der Waals surface area contributed by atoms with E-state index in [0.29, 0.717) is 17.8 Å². The fraction of sp³-hybridized carbons (Fsp3) is 0.0455. The standard InChI is InChI=1S/C22H17N7O/c30-22(25-12-16-6-8-18(9-7-16)28-15-23-14-27-28)19-13-26-29-20(10-11-24-21(19)29)17-4-2-1-3-5-17/h1-11,13-15H,12H2,(H,25,30). The molecule has 0 saturated carbocycles. The summed E-state index contributed by atoms with van der Waals surface area (Å²) in [6.45, 7) is 0.395. The maximum atomic E-state index is 12.8. The summed E-state index contributed by atoms with van der Waals surface area (Å²) in [4.78, 5) is 21.1. The maximum absolute atomic E-state index is 12.8. The highest BCUT2D eigenvalue weighted by atomic mass is 16.1. The monoisotopic (exact) mass is 395 g/mol. The molecule has 0 bridgehead atoms. The van der Waals surface area contributed by atoms with Gasteiger partial charge in [-0.1, -0.05) is 42.5 Å². The van der Waals surface area contributed by atoms with Crippen molar-refractivity contribution in [3.8, 4) is 16.9 Å². The van der Waals surface area contributed by atoms with Crippen molar-refractivity contribution in [2.75, 3.05) is 0 Å². The lowest BCUT2D eigenvalue weighted by molar-refractivity contribution is 0.0952. The molecule has 5 aromatic rings. The Kier molecular flexibility index (Phi) is 4.49. The average Bonchev–Trinajstić information content (AvgIpc) is 3.48. The highest BCUT2D eigenvalue weighted by molar-refractivity contribution is 5.99. The Morgan fingerprint density at radius 1 is 0.967 bits per heavy atom. The Morgan fingerprint density at radius 2 is 1.80 bits per heavy atom. The van der Waals surface area contributed by atoms with Crippen molar-refractivity contribution < 1.29 is 4.79 Å². The molecular formula is C22H17N7O. The number of carbonyl (C=O) groups is 1. The number of benzene rings is 2. The third kappa shape index (κ3) is 3.30. The SMILES string of the molecule is O=C(NCc1ccc(-n2cncn2)cc1)c1cnn2c(-c3ccccc3)ccnc12. The molecule has 0 unspecified atom stereocenters. The van der Waals surface area contributed by atoms with E-state index in [9.17, 15) is 4.79 Å². The lowest BCUT2D eigenvalue weighted by atomic mass is 10.1. The first-order chi connectivity index (χ1) is 14.8. The number of nitrogens with one attached hydrogen (secondary N) is 1. The van der Waals surface area contributed by atoms with Crippen LogP contribution in [0.4, 0.5) is 0 Å². The lowest BCUT2D eigenvalue weighted by Crippen LogP contribution is -2.22. The number of rotatable bonds is 5. The van der Waals surface area contributed by atoms with Gasteiger partial charge in [0.25, 0.3) is 5.91 Å². The van der Waals surface area contributed by atoms with Crippen LogP contribution in [0.15, 0.2) is 85.7 Å². The van der Waals surface area contributed by atoms with Gasteiger partial charge in [-0.15, -0.1) is 0 Å². The average molecular weight is 395 g/mol. The van der Waals surface area contributed by atoms with Crippen molar-refractivity contribution in [2.45, 2.75) is 6.54 Å². The van der Waals surface area contributed by atoms with E-state index in [2.05, 4.69) is 25.5 Å². The summed E-state index contributed by atoms with van der Waals surface area (Å²) in [6, 6.07) is 19.5. The summed E-state index contributed by atoms with van der Waals surface area (Å²) in [5, 5.41) is 11.4. The summed E-state index contributed by atoms with van der Waals surface area (Å²) in [6.07, 6.45) is 6.37. The van der Waals surface area contributed by atoms with Crippen LogP contribution in [0.1, 0.15) is 15.9 Å². The van der Waals surface area contributed by atoms with Crippen LogP contribution in [-0.4, -0.2) is 35.3 Å².